The summed E-state index contributed by atoms with van der Waals surface area (Å²) >= 11 is 0. The molecule has 3 heterocycles. The number of nitrogens with zero attached hydrogens (tertiary/aromatic N) is 3. The Morgan fingerprint density at radius 1 is 1.15 bits per heavy atom. The average Bonchev–Trinajstić information content (AvgIpc) is 3.31. The molecule has 0 radical (unpaired) electrons. The number of imidazole rings is 1. The van der Waals surface area contributed by atoms with E-state index in [1.54, 1.807) is 27.9 Å². The standard InChI is InChI=1S/C20H21N3O3/c1-13-10-16-17(11-14(13)2)23(12-21-16)19(24)15-5-7-22(8-6-15)20(25)18-4-3-9-26-18/h3-4,9-12,15H,5-8H2,1-2H3. The van der Waals surface area contributed by atoms with Crippen LogP contribution in [0.3, 0.4) is 0 Å². The van der Waals surface area contributed by atoms with Crippen LogP contribution in [0.4, 0.5) is 0 Å². The lowest BCUT2D eigenvalue weighted by Crippen LogP contribution is -2.41. The largest absolute Gasteiger partial charge is 0.459 e. The molecule has 1 aliphatic heterocycles. The average molecular weight is 351 g/mol. The number of carbonyl (C=O) groups excluding carboxylic acids is 2. The molecular weight excluding hydrogens is 330 g/mol. The Morgan fingerprint density at radius 2 is 1.88 bits per heavy atom. The number of benzene rings is 1. The van der Waals surface area contributed by atoms with Gasteiger partial charge >= 0.3 is 0 Å². The lowest BCUT2D eigenvalue weighted by molar-refractivity contribution is 0.0601. The summed E-state index contributed by atoms with van der Waals surface area (Å²) in [4.78, 5) is 31.5. The minimum Gasteiger partial charge on any atom is -0.459 e. The maximum Gasteiger partial charge on any atom is 0.289 e. The predicted molar refractivity (Wildman–Crippen MR) is 97.2 cm³/mol. The highest BCUT2D eigenvalue weighted by molar-refractivity contribution is 5.93. The molecule has 6 heteroatoms. The van der Waals surface area contributed by atoms with Gasteiger partial charge in [0.15, 0.2) is 5.76 Å². The molecule has 134 valence electrons. The summed E-state index contributed by atoms with van der Waals surface area (Å²) in [5.74, 6) is 0.191. The van der Waals surface area contributed by atoms with Crippen molar-refractivity contribution in [3.8, 4) is 0 Å². The SMILES string of the molecule is Cc1cc2ncn(C(=O)C3CCN(C(=O)c4ccco4)CC3)c2cc1C. The fourth-order valence-electron chi connectivity index (χ4n) is 3.52. The van der Waals surface area contributed by atoms with Crippen molar-refractivity contribution in [2.75, 3.05) is 13.1 Å². The van der Waals surface area contributed by atoms with Crippen LogP contribution in [0, 0.1) is 19.8 Å². The highest BCUT2D eigenvalue weighted by Gasteiger charge is 2.30. The van der Waals surface area contributed by atoms with E-state index in [0.29, 0.717) is 31.7 Å². The van der Waals surface area contributed by atoms with Crippen molar-refractivity contribution in [1.29, 1.82) is 0 Å². The van der Waals surface area contributed by atoms with E-state index in [-0.39, 0.29) is 17.7 Å². The molecule has 1 fully saturated rings. The summed E-state index contributed by atoms with van der Waals surface area (Å²) in [5.41, 5.74) is 4.00. The van der Waals surface area contributed by atoms with Crippen LogP contribution in [0.2, 0.25) is 0 Å². The number of hydrogen-bond donors (Lipinski definition) is 0. The third-order valence-corrected chi connectivity index (χ3v) is 5.26. The van der Waals surface area contributed by atoms with E-state index in [2.05, 4.69) is 4.98 Å². The van der Waals surface area contributed by atoms with Gasteiger partial charge in [-0.05, 0) is 62.1 Å². The molecule has 1 aromatic carbocycles. The highest BCUT2D eigenvalue weighted by atomic mass is 16.3. The number of amides is 1. The van der Waals surface area contributed by atoms with E-state index >= 15 is 0 Å². The first-order valence-electron chi connectivity index (χ1n) is 8.86. The van der Waals surface area contributed by atoms with Crippen LogP contribution in [-0.4, -0.2) is 39.4 Å². The van der Waals surface area contributed by atoms with Crippen LogP contribution in [0.25, 0.3) is 11.0 Å². The maximum absolute atomic E-state index is 13.0. The number of piperidine rings is 1. The third-order valence-electron chi connectivity index (χ3n) is 5.26. The molecule has 1 amide bonds. The summed E-state index contributed by atoms with van der Waals surface area (Å²) in [6.45, 7) is 5.19. The zero-order chi connectivity index (χ0) is 18.3. The summed E-state index contributed by atoms with van der Waals surface area (Å²) in [6, 6.07) is 7.41. The molecule has 0 spiro atoms. The number of aryl methyl sites for hydroxylation is 2. The van der Waals surface area contributed by atoms with Gasteiger partial charge in [-0.3, -0.25) is 14.2 Å². The second-order valence-electron chi connectivity index (χ2n) is 6.92. The van der Waals surface area contributed by atoms with Crippen LogP contribution >= 0.6 is 0 Å². The molecule has 3 aromatic rings. The quantitative estimate of drug-likeness (QED) is 0.709. The van der Waals surface area contributed by atoms with Crippen molar-refractivity contribution in [3.63, 3.8) is 0 Å². The molecule has 4 rings (SSSR count). The number of fused-ring (bicyclic) bond motifs is 1. The molecule has 0 bridgehead atoms. The monoisotopic (exact) mass is 351 g/mol. The first-order valence-corrected chi connectivity index (χ1v) is 8.86. The topological polar surface area (TPSA) is 68.3 Å². The van der Waals surface area contributed by atoms with E-state index in [1.165, 1.54) is 11.8 Å². The number of likely N-dealkylation sites (tertiary alicyclic amines) is 1. The number of rotatable bonds is 2. The van der Waals surface area contributed by atoms with Gasteiger partial charge in [-0.25, -0.2) is 4.98 Å². The van der Waals surface area contributed by atoms with Crippen molar-refractivity contribution in [2.45, 2.75) is 26.7 Å². The lowest BCUT2D eigenvalue weighted by atomic mass is 9.95. The Labute approximate surface area is 151 Å². The summed E-state index contributed by atoms with van der Waals surface area (Å²) in [6.07, 6.45) is 4.41. The van der Waals surface area contributed by atoms with E-state index in [9.17, 15) is 9.59 Å². The van der Waals surface area contributed by atoms with Crippen molar-refractivity contribution in [1.82, 2.24) is 14.5 Å². The smallest absolute Gasteiger partial charge is 0.289 e. The van der Waals surface area contributed by atoms with Crippen LogP contribution < -0.4 is 0 Å². The van der Waals surface area contributed by atoms with Gasteiger partial charge in [0.1, 0.15) is 6.33 Å². The van der Waals surface area contributed by atoms with Crippen LogP contribution in [0.5, 0.6) is 0 Å². The van der Waals surface area contributed by atoms with Gasteiger partial charge in [0.05, 0.1) is 17.3 Å². The van der Waals surface area contributed by atoms with Crippen LogP contribution in [0.1, 0.15) is 39.3 Å². The molecule has 0 unspecified atom stereocenters. The molecule has 0 aliphatic carbocycles. The molecule has 1 aliphatic rings. The van der Waals surface area contributed by atoms with Crippen molar-refractivity contribution in [3.05, 3.63) is 53.7 Å². The highest BCUT2D eigenvalue weighted by Crippen LogP contribution is 2.24. The van der Waals surface area contributed by atoms with Gasteiger partial charge in [-0.1, -0.05) is 0 Å². The molecule has 0 saturated carbocycles. The zero-order valence-corrected chi connectivity index (χ0v) is 14.9. The molecule has 1 saturated heterocycles. The number of hydrogen-bond acceptors (Lipinski definition) is 4. The van der Waals surface area contributed by atoms with Crippen molar-refractivity contribution in [2.24, 2.45) is 5.92 Å². The Morgan fingerprint density at radius 3 is 2.58 bits per heavy atom. The molecule has 26 heavy (non-hydrogen) atoms. The zero-order valence-electron chi connectivity index (χ0n) is 14.9. The maximum atomic E-state index is 13.0. The minimum absolute atomic E-state index is 0.0563. The number of aromatic nitrogens is 2. The van der Waals surface area contributed by atoms with Crippen LogP contribution in [0.15, 0.2) is 41.3 Å². The Hall–Kier alpha value is -2.89. The first-order chi connectivity index (χ1) is 12.5. The fraction of sp³-hybridized carbons (Fsp3) is 0.350. The van der Waals surface area contributed by atoms with Gasteiger partial charge in [0.2, 0.25) is 5.91 Å². The Bertz CT molecular complexity index is 964. The van der Waals surface area contributed by atoms with E-state index in [0.717, 1.165) is 16.6 Å². The number of carbonyl (C=O) groups is 2. The summed E-state index contributed by atoms with van der Waals surface area (Å²) in [7, 11) is 0. The normalized spacial score (nSPS) is 15.5. The molecule has 0 N–H and O–H groups in total. The van der Waals surface area contributed by atoms with Crippen molar-refractivity contribution >= 4 is 22.8 Å². The molecule has 6 nitrogen and oxygen atoms in total. The van der Waals surface area contributed by atoms with Gasteiger partial charge in [-0.2, -0.15) is 0 Å². The molecular formula is C20H21N3O3. The summed E-state index contributed by atoms with van der Waals surface area (Å²) < 4.78 is 6.84. The van der Waals surface area contributed by atoms with Crippen molar-refractivity contribution < 1.29 is 14.0 Å². The van der Waals surface area contributed by atoms with E-state index in [4.69, 9.17) is 4.42 Å². The second kappa shape index (κ2) is 6.44. The van der Waals surface area contributed by atoms with Gasteiger partial charge in [-0.15, -0.1) is 0 Å². The van der Waals surface area contributed by atoms with E-state index in [1.807, 2.05) is 26.0 Å². The minimum atomic E-state index is -0.111. The van der Waals surface area contributed by atoms with Crippen LogP contribution in [-0.2, 0) is 0 Å². The molecule has 2 aromatic heterocycles. The van der Waals surface area contributed by atoms with E-state index < -0.39 is 0 Å². The second-order valence-corrected chi connectivity index (χ2v) is 6.92. The van der Waals surface area contributed by atoms with Gasteiger partial charge in [0, 0.05) is 19.0 Å². The number of furan rings is 1. The third kappa shape index (κ3) is 2.81. The Balaban J connectivity index is 1.49. The lowest BCUT2D eigenvalue weighted by Gasteiger charge is -2.30. The predicted octanol–water partition coefficient (Wildman–Crippen LogP) is 3.44. The summed E-state index contributed by atoms with van der Waals surface area (Å²) in [5, 5.41) is 0. The first kappa shape index (κ1) is 16.6. The van der Waals surface area contributed by atoms with Gasteiger partial charge in [0.25, 0.3) is 5.91 Å². The Kier molecular flexibility index (Phi) is 4.11. The van der Waals surface area contributed by atoms with Gasteiger partial charge < -0.3 is 9.32 Å². The fourth-order valence-corrected chi connectivity index (χ4v) is 3.52. The molecule has 0 atom stereocenters.